The Kier molecular flexibility index (Phi) is 7.25. The van der Waals surface area contributed by atoms with E-state index in [1.807, 2.05) is 42.5 Å². The molecule has 1 aliphatic heterocycles. The lowest BCUT2D eigenvalue weighted by molar-refractivity contribution is -0.116. The number of hydrogen-bond acceptors (Lipinski definition) is 4. The van der Waals surface area contributed by atoms with Crippen molar-refractivity contribution in [2.75, 3.05) is 45.2 Å². The Labute approximate surface area is 161 Å². The molecule has 1 N–H and O–H groups in total. The lowest BCUT2D eigenvalue weighted by Crippen LogP contribution is -2.32. The number of hydrogen-bond donors (Lipinski definition) is 1. The first-order valence-electron chi connectivity index (χ1n) is 9.65. The first-order chi connectivity index (χ1) is 13.2. The minimum Gasteiger partial charge on any atom is -0.497 e. The Morgan fingerprint density at radius 1 is 0.963 bits per heavy atom. The molecule has 5 nitrogen and oxygen atoms in total. The maximum absolute atomic E-state index is 12.1. The van der Waals surface area contributed by atoms with Crippen LogP contribution in [0, 0.1) is 0 Å². The number of amides is 1. The molecular weight excluding hydrogens is 338 g/mol. The van der Waals surface area contributed by atoms with Gasteiger partial charge in [-0.25, -0.2) is 0 Å². The molecule has 1 aliphatic rings. The van der Waals surface area contributed by atoms with E-state index in [0.717, 1.165) is 57.1 Å². The van der Waals surface area contributed by atoms with Crippen LogP contribution in [0.4, 0.5) is 5.69 Å². The molecule has 1 heterocycles. The summed E-state index contributed by atoms with van der Waals surface area (Å²) in [5.41, 5.74) is 2.18. The van der Waals surface area contributed by atoms with E-state index < -0.39 is 0 Å². The minimum absolute atomic E-state index is 0.0838. The van der Waals surface area contributed by atoms with Crippen LogP contribution in [-0.4, -0.2) is 55.5 Å². The normalized spacial score (nSPS) is 15.9. The monoisotopic (exact) mass is 367 g/mol. The van der Waals surface area contributed by atoms with E-state index >= 15 is 0 Å². The number of para-hydroxylation sites is 1. The lowest BCUT2D eigenvalue weighted by atomic mass is 10.2. The minimum atomic E-state index is 0.0838. The zero-order valence-electron chi connectivity index (χ0n) is 16.1. The van der Waals surface area contributed by atoms with Gasteiger partial charge in [0.15, 0.2) is 0 Å². The number of nitrogens with zero attached hydrogens (tertiary/aromatic N) is 2. The summed E-state index contributed by atoms with van der Waals surface area (Å²) >= 11 is 0. The van der Waals surface area contributed by atoms with Gasteiger partial charge in [-0.05, 0) is 49.3 Å². The Balaban J connectivity index is 1.40. The van der Waals surface area contributed by atoms with E-state index in [0.29, 0.717) is 6.42 Å². The highest BCUT2D eigenvalue weighted by Crippen LogP contribution is 2.14. The molecule has 27 heavy (non-hydrogen) atoms. The van der Waals surface area contributed by atoms with Gasteiger partial charge in [0.2, 0.25) is 5.91 Å². The summed E-state index contributed by atoms with van der Waals surface area (Å²) in [5.74, 6) is 0.982. The van der Waals surface area contributed by atoms with Gasteiger partial charge in [-0.15, -0.1) is 0 Å². The molecule has 1 fully saturated rings. The Morgan fingerprint density at radius 2 is 1.67 bits per heavy atom. The average Bonchev–Trinajstić information content (AvgIpc) is 2.93. The van der Waals surface area contributed by atoms with Gasteiger partial charge in [0.25, 0.3) is 0 Å². The number of benzene rings is 2. The smallest absolute Gasteiger partial charge is 0.225 e. The predicted molar refractivity (Wildman–Crippen MR) is 109 cm³/mol. The SMILES string of the molecule is COc1ccc(CN2CCCN(CCC(=O)Nc3ccccc3)CC2)cc1. The second-order valence-electron chi connectivity index (χ2n) is 6.98. The average molecular weight is 367 g/mol. The highest BCUT2D eigenvalue weighted by Gasteiger charge is 2.16. The topological polar surface area (TPSA) is 44.8 Å². The van der Waals surface area contributed by atoms with Crippen LogP contribution < -0.4 is 10.1 Å². The summed E-state index contributed by atoms with van der Waals surface area (Å²) in [7, 11) is 1.69. The van der Waals surface area contributed by atoms with Crippen LogP contribution in [0.1, 0.15) is 18.4 Å². The number of anilines is 1. The third-order valence-corrected chi connectivity index (χ3v) is 4.96. The maximum atomic E-state index is 12.1. The van der Waals surface area contributed by atoms with Gasteiger partial charge in [-0.2, -0.15) is 0 Å². The van der Waals surface area contributed by atoms with Crippen molar-refractivity contribution in [3.8, 4) is 5.75 Å². The van der Waals surface area contributed by atoms with Crippen LogP contribution in [0.5, 0.6) is 5.75 Å². The molecule has 0 bridgehead atoms. The van der Waals surface area contributed by atoms with E-state index in [4.69, 9.17) is 4.74 Å². The van der Waals surface area contributed by atoms with Crippen LogP contribution in [0.15, 0.2) is 54.6 Å². The Hall–Kier alpha value is -2.37. The van der Waals surface area contributed by atoms with Crippen molar-refractivity contribution in [3.05, 3.63) is 60.2 Å². The Morgan fingerprint density at radius 3 is 2.41 bits per heavy atom. The molecule has 0 spiro atoms. The number of rotatable bonds is 7. The summed E-state index contributed by atoms with van der Waals surface area (Å²) in [6, 6.07) is 18.0. The number of carbonyl (C=O) groups is 1. The van der Waals surface area contributed by atoms with E-state index in [9.17, 15) is 4.79 Å². The zero-order valence-corrected chi connectivity index (χ0v) is 16.1. The second-order valence-corrected chi connectivity index (χ2v) is 6.98. The van der Waals surface area contributed by atoms with Crippen molar-refractivity contribution in [2.24, 2.45) is 0 Å². The third-order valence-electron chi connectivity index (χ3n) is 4.96. The van der Waals surface area contributed by atoms with Gasteiger partial charge < -0.3 is 15.0 Å². The van der Waals surface area contributed by atoms with Crippen LogP contribution in [0.2, 0.25) is 0 Å². The first-order valence-corrected chi connectivity index (χ1v) is 9.65. The van der Waals surface area contributed by atoms with E-state index in [1.165, 1.54) is 5.56 Å². The zero-order chi connectivity index (χ0) is 18.9. The summed E-state index contributed by atoms with van der Waals surface area (Å²) in [6.07, 6.45) is 1.67. The fraction of sp³-hybridized carbons (Fsp3) is 0.409. The Bertz CT molecular complexity index is 703. The third kappa shape index (κ3) is 6.38. The lowest BCUT2D eigenvalue weighted by Gasteiger charge is -2.21. The standard InChI is InChI=1S/C22H29N3O2/c1-27-21-10-8-19(9-11-21)18-25-14-5-13-24(16-17-25)15-12-22(26)23-20-6-3-2-4-7-20/h2-4,6-11H,5,12-18H2,1H3,(H,23,26). The molecule has 0 atom stereocenters. The highest BCUT2D eigenvalue weighted by atomic mass is 16.5. The van der Waals surface area contributed by atoms with Gasteiger partial charge in [-0.1, -0.05) is 30.3 Å². The molecule has 1 saturated heterocycles. The number of ether oxygens (including phenoxy) is 1. The van der Waals surface area contributed by atoms with Gasteiger partial charge in [0, 0.05) is 38.3 Å². The molecular formula is C22H29N3O2. The van der Waals surface area contributed by atoms with Crippen molar-refractivity contribution in [3.63, 3.8) is 0 Å². The number of methoxy groups -OCH3 is 1. The van der Waals surface area contributed by atoms with E-state index in [1.54, 1.807) is 7.11 Å². The molecule has 1 amide bonds. The molecule has 2 aromatic rings. The highest BCUT2D eigenvalue weighted by molar-refractivity contribution is 5.90. The molecule has 144 valence electrons. The summed E-state index contributed by atoms with van der Waals surface area (Å²) in [4.78, 5) is 17.0. The van der Waals surface area contributed by atoms with Crippen LogP contribution in [0.25, 0.3) is 0 Å². The largest absolute Gasteiger partial charge is 0.497 e. The molecule has 0 aliphatic carbocycles. The second kappa shape index (κ2) is 10.1. The van der Waals surface area contributed by atoms with Gasteiger partial charge in [-0.3, -0.25) is 9.69 Å². The van der Waals surface area contributed by atoms with Gasteiger partial charge in [0.1, 0.15) is 5.75 Å². The van der Waals surface area contributed by atoms with E-state index in [-0.39, 0.29) is 5.91 Å². The van der Waals surface area contributed by atoms with E-state index in [2.05, 4.69) is 27.2 Å². The van der Waals surface area contributed by atoms with Crippen LogP contribution in [0.3, 0.4) is 0 Å². The molecule has 0 saturated carbocycles. The summed E-state index contributed by atoms with van der Waals surface area (Å²) in [6.45, 7) is 5.97. The molecule has 0 radical (unpaired) electrons. The molecule has 2 aromatic carbocycles. The summed E-state index contributed by atoms with van der Waals surface area (Å²) < 4.78 is 5.22. The molecule has 0 unspecified atom stereocenters. The summed E-state index contributed by atoms with van der Waals surface area (Å²) in [5, 5.41) is 2.96. The molecule has 0 aromatic heterocycles. The van der Waals surface area contributed by atoms with Gasteiger partial charge in [0.05, 0.1) is 7.11 Å². The maximum Gasteiger partial charge on any atom is 0.225 e. The number of nitrogens with one attached hydrogen (secondary N) is 1. The molecule has 5 heteroatoms. The number of carbonyl (C=O) groups excluding carboxylic acids is 1. The molecule has 3 rings (SSSR count). The fourth-order valence-corrected chi connectivity index (χ4v) is 3.40. The van der Waals surface area contributed by atoms with Crippen molar-refractivity contribution < 1.29 is 9.53 Å². The quantitative estimate of drug-likeness (QED) is 0.816. The van der Waals surface area contributed by atoms with Crippen LogP contribution >= 0.6 is 0 Å². The first kappa shape index (κ1) is 19.4. The van der Waals surface area contributed by atoms with Crippen LogP contribution in [-0.2, 0) is 11.3 Å². The van der Waals surface area contributed by atoms with Gasteiger partial charge >= 0.3 is 0 Å². The predicted octanol–water partition coefficient (Wildman–Crippen LogP) is 3.23. The fourth-order valence-electron chi connectivity index (χ4n) is 3.40. The van der Waals surface area contributed by atoms with Crippen molar-refractivity contribution in [1.29, 1.82) is 0 Å². The van der Waals surface area contributed by atoms with Crippen molar-refractivity contribution in [1.82, 2.24) is 9.80 Å². The van der Waals surface area contributed by atoms with Crippen molar-refractivity contribution in [2.45, 2.75) is 19.4 Å². The van der Waals surface area contributed by atoms with Crippen molar-refractivity contribution >= 4 is 11.6 Å².